The van der Waals surface area contributed by atoms with Gasteiger partial charge < -0.3 is 9.26 Å². The van der Waals surface area contributed by atoms with Crippen molar-refractivity contribution in [3.63, 3.8) is 0 Å². The summed E-state index contributed by atoms with van der Waals surface area (Å²) in [5.74, 6) is -1.29. The van der Waals surface area contributed by atoms with Crippen LogP contribution < -0.4 is 0 Å². The van der Waals surface area contributed by atoms with E-state index >= 15 is 0 Å². The Morgan fingerprint density at radius 2 is 1.83 bits per heavy atom. The van der Waals surface area contributed by atoms with Gasteiger partial charge in [0.25, 0.3) is 11.8 Å². The maximum Gasteiger partial charge on any atom is 0.343 e. The molecule has 1 aromatic heterocycles. The monoisotopic (exact) mass is 314 g/mol. The first-order chi connectivity index (χ1) is 11.0. The topological polar surface area (TPSA) is 89.7 Å². The molecule has 0 aliphatic carbocycles. The number of fused-ring (bicyclic) bond motifs is 1. The smallest absolute Gasteiger partial charge is 0.343 e. The lowest BCUT2D eigenvalue weighted by molar-refractivity contribution is 0.0512. The SMILES string of the molecule is CCOC(=O)c1c(C)noc1CN1C(=O)c2ccccc2C1=O. The highest BCUT2D eigenvalue weighted by molar-refractivity contribution is 6.21. The van der Waals surface area contributed by atoms with Gasteiger partial charge in [-0.05, 0) is 26.0 Å². The molecule has 2 heterocycles. The third-order valence-corrected chi connectivity index (χ3v) is 3.59. The Balaban J connectivity index is 1.91. The van der Waals surface area contributed by atoms with Crippen molar-refractivity contribution in [1.82, 2.24) is 10.1 Å². The summed E-state index contributed by atoms with van der Waals surface area (Å²) in [7, 11) is 0. The van der Waals surface area contributed by atoms with Crippen molar-refractivity contribution in [1.29, 1.82) is 0 Å². The van der Waals surface area contributed by atoms with Crippen LogP contribution in [0, 0.1) is 6.92 Å². The number of amides is 2. The minimum absolute atomic E-state index is 0.135. The highest BCUT2D eigenvalue weighted by atomic mass is 16.5. The molecule has 1 aliphatic heterocycles. The standard InChI is InChI=1S/C16H14N2O5/c1-3-22-16(21)13-9(2)17-23-12(13)8-18-14(19)10-6-4-5-7-11(10)15(18)20/h4-7H,3,8H2,1-2H3. The summed E-state index contributed by atoms with van der Waals surface area (Å²) < 4.78 is 10.1. The molecular weight excluding hydrogens is 300 g/mol. The van der Waals surface area contributed by atoms with E-state index in [0.29, 0.717) is 16.8 Å². The van der Waals surface area contributed by atoms with E-state index in [1.54, 1.807) is 38.1 Å². The number of rotatable bonds is 4. The van der Waals surface area contributed by atoms with Crippen LogP contribution in [0.4, 0.5) is 0 Å². The van der Waals surface area contributed by atoms with E-state index in [2.05, 4.69) is 5.16 Å². The van der Waals surface area contributed by atoms with E-state index in [4.69, 9.17) is 9.26 Å². The molecular formula is C16H14N2O5. The van der Waals surface area contributed by atoms with E-state index in [9.17, 15) is 14.4 Å². The Morgan fingerprint density at radius 1 is 1.22 bits per heavy atom. The maximum atomic E-state index is 12.4. The molecule has 23 heavy (non-hydrogen) atoms. The zero-order chi connectivity index (χ0) is 16.6. The molecule has 1 aliphatic rings. The summed E-state index contributed by atoms with van der Waals surface area (Å²) in [5, 5.41) is 3.74. The van der Waals surface area contributed by atoms with Gasteiger partial charge in [0.15, 0.2) is 5.76 Å². The number of nitrogens with zero attached hydrogens (tertiary/aromatic N) is 2. The van der Waals surface area contributed by atoms with E-state index in [1.165, 1.54) is 0 Å². The number of aromatic nitrogens is 1. The Hall–Kier alpha value is -2.96. The lowest BCUT2D eigenvalue weighted by atomic mass is 10.1. The lowest BCUT2D eigenvalue weighted by Gasteiger charge is -2.12. The molecule has 0 saturated carbocycles. The Kier molecular flexibility index (Phi) is 3.69. The van der Waals surface area contributed by atoms with Crippen LogP contribution in [-0.2, 0) is 11.3 Å². The first-order valence-electron chi connectivity index (χ1n) is 7.12. The molecule has 0 unspecified atom stereocenters. The predicted octanol–water partition coefficient (Wildman–Crippen LogP) is 1.96. The molecule has 0 N–H and O–H groups in total. The minimum atomic E-state index is -0.585. The Morgan fingerprint density at radius 3 is 2.39 bits per heavy atom. The van der Waals surface area contributed by atoms with Crippen LogP contribution in [0.25, 0.3) is 0 Å². The molecule has 0 atom stereocenters. The number of hydrogen-bond donors (Lipinski definition) is 0. The van der Waals surface area contributed by atoms with Crippen molar-refractivity contribution in [3.8, 4) is 0 Å². The van der Waals surface area contributed by atoms with Gasteiger partial charge in [-0.2, -0.15) is 0 Å². The Bertz CT molecular complexity index is 774. The second-order valence-corrected chi connectivity index (χ2v) is 5.03. The summed E-state index contributed by atoms with van der Waals surface area (Å²) in [5.41, 5.74) is 1.19. The molecule has 0 saturated heterocycles. The molecule has 3 rings (SSSR count). The largest absolute Gasteiger partial charge is 0.462 e. The molecule has 7 nitrogen and oxygen atoms in total. The minimum Gasteiger partial charge on any atom is -0.462 e. The number of hydrogen-bond acceptors (Lipinski definition) is 6. The van der Waals surface area contributed by atoms with E-state index in [1.807, 2.05) is 0 Å². The van der Waals surface area contributed by atoms with Crippen LogP contribution in [0.2, 0.25) is 0 Å². The van der Waals surface area contributed by atoms with E-state index in [0.717, 1.165) is 4.90 Å². The summed E-state index contributed by atoms with van der Waals surface area (Å²) in [6, 6.07) is 6.56. The number of benzene rings is 1. The number of imide groups is 1. The molecule has 7 heteroatoms. The van der Waals surface area contributed by atoms with Crippen molar-refractivity contribution in [2.45, 2.75) is 20.4 Å². The first-order valence-corrected chi connectivity index (χ1v) is 7.12. The highest BCUT2D eigenvalue weighted by Crippen LogP contribution is 2.26. The van der Waals surface area contributed by atoms with Crippen LogP contribution in [-0.4, -0.2) is 34.4 Å². The second kappa shape index (κ2) is 5.68. The van der Waals surface area contributed by atoms with E-state index < -0.39 is 17.8 Å². The molecule has 0 bridgehead atoms. The number of carbonyl (C=O) groups excluding carboxylic acids is 3. The van der Waals surface area contributed by atoms with Gasteiger partial charge in [-0.1, -0.05) is 17.3 Å². The predicted molar refractivity (Wildman–Crippen MR) is 77.8 cm³/mol. The summed E-state index contributed by atoms with van der Waals surface area (Å²) in [6.07, 6.45) is 0. The van der Waals surface area contributed by atoms with Gasteiger partial charge >= 0.3 is 5.97 Å². The van der Waals surface area contributed by atoms with Crippen molar-refractivity contribution in [3.05, 3.63) is 52.4 Å². The summed E-state index contributed by atoms with van der Waals surface area (Å²) >= 11 is 0. The van der Waals surface area contributed by atoms with Gasteiger partial charge in [-0.25, -0.2) is 4.79 Å². The molecule has 0 radical (unpaired) electrons. The van der Waals surface area contributed by atoms with Gasteiger partial charge in [0.2, 0.25) is 0 Å². The lowest BCUT2D eigenvalue weighted by Crippen LogP contribution is -2.29. The molecule has 2 aromatic rings. The van der Waals surface area contributed by atoms with Crippen molar-refractivity contribution < 1.29 is 23.6 Å². The third-order valence-electron chi connectivity index (χ3n) is 3.59. The highest BCUT2D eigenvalue weighted by Gasteiger charge is 2.37. The van der Waals surface area contributed by atoms with Gasteiger partial charge in [0, 0.05) is 0 Å². The van der Waals surface area contributed by atoms with Crippen LogP contribution in [0.15, 0.2) is 28.8 Å². The Labute approximate surface area is 131 Å². The zero-order valence-corrected chi connectivity index (χ0v) is 12.7. The average molecular weight is 314 g/mol. The molecule has 0 fully saturated rings. The normalized spacial score (nSPS) is 13.4. The fourth-order valence-corrected chi connectivity index (χ4v) is 2.52. The second-order valence-electron chi connectivity index (χ2n) is 5.03. The van der Waals surface area contributed by atoms with Crippen LogP contribution >= 0.6 is 0 Å². The number of esters is 1. The van der Waals surface area contributed by atoms with Crippen LogP contribution in [0.3, 0.4) is 0 Å². The summed E-state index contributed by atoms with van der Waals surface area (Å²) in [4.78, 5) is 37.7. The molecule has 0 spiro atoms. The fourth-order valence-electron chi connectivity index (χ4n) is 2.52. The molecule has 118 valence electrons. The van der Waals surface area contributed by atoms with Crippen molar-refractivity contribution >= 4 is 17.8 Å². The van der Waals surface area contributed by atoms with Crippen LogP contribution in [0.5, 0.6) is 0 Å². The van der Waals surface area contributed by atoms with Crippen LogP contribution in [0.1, 0.15) is 49.5 Å². The van der Waals surface area contributed by atoms with Gasteiger partial charge in [0.1, 0.15) is 5.56 Å². The average Bonchev–Trinajstić information content (AvgIpc) is 3.02. The van der Waals surface area contributed by atoms with Gasteiger partial charge in [-0.3, -0.25) is 14.5 Å². The molecule has 1 aromatic carbocycles. The fraction of sp³-hybridized carbons (Fsp3) is 0.250. The first kappa shape index (κ1) is 15.0. The van der Waals surface area contributed by atoms with Gasteiger partial charge in [-0.15, -0.1) is 0 Å². The van der Waals surface area contributed by atoms with E-state index in [-0.39, 0.29) is 24.5 Å². The van der Waals surface area contributed by atoms with Crippen molar-refractivity contribution in [2.24, 2.45) is 0 Å². The maximum absolute atomic E-state index is 12.4. The number of aryl methyl sites for hydroxylation is 1. The third kappa shape index (κ3) is 2.40. The molecule has 2 amide bonds. The van der Waals surface area contributed by atoms with Gasteiger partial charge in [0.05, 0.1) is 30.0 Å². The quantitative estimate of drug-likeness (QED) is 0.633. The summed E-state index contributed by atoms with van der Waals surface area (Å²) in [6.45, 7) is 3.32. The number of ether oxygens (including phenoxy) is 1. The van der Waals surface area contributed by atoms with Crippen molar-refractivity contribution in [2.75, 3.05) is 6.61 Å². The zero-order valence-electron chi connectivity index (χ0n) is 12.7. The number of carbonyl (C=O) groups is 3.